The van der Waals surface area contributed by atoms with Gasteiger partial charge >= 0.3 is 0 Å². The van der Waals surface area contributed by atoms with E-state index in [2.05, 4.69) is 20.9 Å². The normalized spacial score (nSPS) is 10.9. The summed E-state index contributed by atoms with van der Waals surface area (Å²) < 4.78 is 21.3. The zero-order valence-electron chi connectivity index (χ0n) is 10.1. The van der Waals surface area contributed by atoms with Gasteiger partial charge in [0, 0.05) is 18.0 Å². The molecule has 0 N–H and O–H groups in total. The third-order valence-corrected chi connectivity index (χ3v) is 3.50. The fourth-order valence-electron chi connectivity index (χ4n) is 1.94. The lowest BCUT2D eigenvalue weighted by atomic mass is 10.2. The summed E-state index contributed by atoms with van der Waals surface area (Å²) in [5.74, 6) is 0.417. The van der Waals surface area contributed by atoms with Crippen molar-refractivity contribution in [2.45, 2.75) is 0 Å². The molecule has 0 unspecified atom stereocenters. The van der Waals surface area contributed by atoms with Gasteiger partial charge in [-0.3, -0.25) is 0 Å². The maximum atomic E-state index is 13.6. The Bertz CT molecular complexity index is 754. The fraction of sp³-hybridized carbons (Fsp3) is 0.0714. The van der Waals surface area contributed by atoms with Crippen LogP contribution in [-0.4, -0.2) is 16.5 Å². The SMILES string of the molecule is COc1ccc(-c2cn3cccc(F)c3n2)cc1Br. The summed E-state index contributed by atoms with van der Waals surface area (Å²) in [5, 5.41) is 0. The Morgan fingerprint density at radius 3 is 2.84 bits per heavy atom. The molecule has 0 aliphatic rings. The molecule has 0 radical (unpaired) electrons. The minimum absolute atomic E-state index is 0.324. The van der Waals surface area contributed by atoms with E-state index in [1.165, 1.54) is 6.07 Å². The minimum atomic E-state index is -0.332. The lowest BCUT2D eigenvalue weighted by Gasteiger charge is -2.04. The van der Waals surface area contributed by atoms with Crippen LogP contribution in [0.5, 0.6) is 5.75 Å². The average Bonchev–Trinajstić information content (AvgIpc) is 2.84. The van der Waals surface area contributed by atoms with Gasteiger partial charge in [0.15, 0.2) is 11.5 Å². The largest absolute Gasteiger partial charge is 0.496 e. The lowest BCUT2D eigenvalue weighted by Crippen LogP contribution is -1.85. The van der Waals surface area contributed by atoms with Crippen LogP contribution in [0.2, 0.25) is 0 Å². The molecule has 0 bridgehead atoms. The smallest absolute Gasteiger partial charge is 0.173 e. The van der Waals surface area contributed by atoms with E-state index < -0.39 is 0 Å². The van der Waals surface area contributed by atoms with E-state index in [0.717, 1.165) is 15.8 Å². The minimum Gasteiger partial charge on any atom is -0.496 e. The van der Waals surface area contributed by atoms with Gasteiger partial charge in [-0.05, 0) is 46.3 Å². The van der Waals surface area contributed by atoms with Crippen LogP contribution >= 0.6 is 15.9 Å². The van der Waals surface area contributed by atoms with Crippen molar-refractivity contribution < 1.29 is 9.13 Å². The van der Waals surface area contributed by atoms with E-state index in [1.54, 1.807) is 30.0 Å². The summed E-state index contributed by atoms with van der Waals surface area (Å²) in [7, 11) is 1.61. The molecule has 0 atom stereocenters. The second kappa shape index (κ2) is 4.66. The molecule has 2 heterocycles. The Kier molecular flexibility index (Phi) is 2.98. The molecule has 2 aromatic heterocycles. The number of imidazole rings is 1. The molecule has 1 aromatic carbocycles. The highest BCUT2D eigenvalue weighted by Gasteiger charge is 2.09. The third-order valence-electron chi connectivity index (χ3n) is 2.88. The molecule has 0 aliphatic heterocycles. The average molecular weight is 321 g/mol. The Morgan fingerprint density at radius 2 is 2.16 bits per heavy atom. The Morgan fingerprint density at radius 1 is 1.32 bits per heavy atom. The molecular weight excluding hydrogens is 311 g/mol. The number of benzene rings is 1. The number of hydrogen-bond acceptors (Lipinski definition) is 2. The molecule has 0 aliphatic carbocycles. The first-order chi connectivity index (χ1) is 9.19. The molecule has 0 amide bonds. The zero-order chi connectivity index (χ0) is 13.4. The van der Waals surface area contributed by atoms with Crippen molar-refractivity contribution in [1.82, 2.24) is 9.38 Å². The molecule has 3 aromatic rings. The van der Waals surface area contributed by atoms with Gasteiger partial charge in [-0.15, -0.1) is 0 Å². The highest BCUT2D eigenvalue weighted by molar-refractivity contribution is 9.10. The van der Waals surface area contributed by atoms with Gasteiger partial charge in [-0.1, -0.05) is 0 Å². The Balaban J connectivity index is 2.14. The highest BCUT2D eigenvalue weighted by Crippen LogP contribution is 2.30. The van der Waals surface area contributed by atoms with Crippen LogP contribution in [0.15, 0.2) is 47.2 Å². The summed E-state index contributed by atoms with van der Waals surface area (Å²) in [5.41, 5.74) is 1.94. The number of fused-ring (bicyclic) bond motifs is 1. The molecular formula is C14H10BrFN2O. The summed E-state index contributed by atoms with van der Waals surface area (Å²) in [6.07, 6.45) is 3.57. The third kappa shape index (κ3) is 2.10. The first kappa shape index (κ1) is 12.2. The number of ether oxygens (including phenoxy) is 1. The lowest BCUT2D eigenvalue weighted by molar-refractivity contribution is 0.412. The summed E-state index contributed by atoms with van der Waals surface area (Å²) in [6, 6.07) is 8.69. The van der Waals surface area contributed by atoms with Crippen molar-refractivity contribution in [3.8, 4) is 17.0 Å². The van der Waals surface area contributed by atoms with Crippen molar-refractivity contribution >= 4 is 21.6 Å². The van der Waals surface area contributed by atoms with E-state index in [4.69, 9.17) is 4.74 Å². The van der Waals surface area contributed by atoms with E-state index in [-0.39, 0.29) is 5.82 Å². The van der Waals surface area contributed by atoms with Crippen molar-refractivity contribution in [2.75, 3.05) is 7.11 Å². The number of halogens is 2. The van der Waals surface area contributed by atoms with Gasteiger partial charge in [0.25, 0.3) is 0 Å². The second-order valence-electron chi connectivity index (χ2n) is 4.06. The molecule has 0 spiro atoms. The quantitative estimate of drug-likeness (QED) is 0.715. The predicted octanol–water partition coefficient (Wildman–Crippen LogP) is 3.91. The summed E-state index contributed by atoms with van der Waals surface area (Å²) in [4.78, 5) is 4.31. The van der Waals surface area contributed by atoms with Crippen LogP contribution in [0.3, 0.4) is 0 Å². The number of pyridine rings is 1. The molecule has 96 valence electrons. The van der Waals surface area contributed by atoms with Gasteiger partial charge in [-0.2, -0.15) is 0 Å². The van der Waals surface area contributed by atoms with Crippen molar-refractivity contribution in [2.24, 2.45) is 0 Å². The molecule has 0 saturated heterocycles. The first-order valence-electron chi connectivity index (χ1n) is 5.66. The predicted molar refractivity (Wildman–Crippen MR) is 74.8 cm³/mol. The molecule has 5 heteroatoms. The summed E-state index contributed by atoms with van der Waals surface area (Å²) in [6.45, 7) is 0. The van der Waals surface area contributed by atoms with Gasteiger partial charge in [0.1, 0.15) is 5.75 Å². The topological polar surface area (TPSA) is 26.5 Å². The molecule has 0 fully saturated rings. The van der Waals surface area contributed by atoms with E-state index >= 15 is 0 Å². The fourth-order valence-corrected chi connectivity index (χ4v) is 2.48. The van der Waals surface area contributed by atoms with E-state index in [1.807, 2.05) is 18.2 Å². The van der Waals surface area contributed by atoms with Crippen LogP contribution in [-0.2, 0) is 0 Å². The summed E-state index contributed by atoms with van der Waals surface area (Å²) >= 11 is 3.43. The van der Waals surface area contributed by atoms with Crippen LogP contribution in [0.25, 0.3) is 16.9 Å². The number of rotatable bonds is 2. The van der Waals surface area contributed by atoms with E-state index in [9.17, 15) is 4.39 Å². The Hall–Kier alpha value is -1.88. The van der Waals surface area contributed by atoms with Crippen molar-refractivity contribution in [3.63, 3.8) is 0 Å². The second-order valence-corrected chi connectivity index (χ2v) is 4.92. The van der Waals surface area contributed by atoms with Crippen molar-refractivity contribution in [1.29, 1.82) is 0 Å². The number of hydrogen-bond donors (Lipinski definition) is 0. The van der Waals surface area contributed by atoms with Gasteiger partial charge in [0.05, 0.1) is 17.3 Å². The zero-order valence-corrected chi connectivity index (χ0v) is 11.7. The molecule has 3 rings (SSSR count). The standard InChI is InChI=1S/C14H10BrFN2O/c1-19-13-5-4-9(7-10(13)15)12-8-18-6-2-3-11(16)14(18)17-12/h2-8H,1H3. The van der Waals surface area contributed by atoms with Crippen LogP contribution < -0.4 is 4.74 Å². The van der Waals surface area contributed by atoms with Crippen molar-refractivity contribution in [3.05, 3.63) is 53.0 Å². The maximum Gasteiger partial charge on any atom is 0.173 e. The van der Waals surface area contributed by atoms with Crippen LogP contribution in [0.4, 0.5) is 4.39 Å². The Labute approximate surface area is 117 Å². The monoisotopic (exact) mass is 320 g/mol. The van der Waals surface area contributed by atoms with Gasteiger partial charge in [0.2, 0.25) is 0 Å². The maximum absolute atomic E-state index is 13.6. The molecule has 0 saturated carbocycles. The molecule has 3 nitrogen and oxygen atoms in total. The number of nitrogens with zero attached hydrogens (tertiary/aromatic N) is 2. The van der Waals surface area contributed by atoms with Crippen LogP contribution in [0, 0.1) is 5.82 Å². The number of methoxy groups -OCH3 is 1. The number of aromatic nitrogens is 2. The van der Waals surface area contributed by atoms with E-state index in [0.29, 0.717) is 11.3 Å². The van der Waals surface area contributed by atoms with Crippen LogP contribution in [0.1, 0.15) is 0 Å². The highest BCUT2D eigenvalue weighted by atomic mass is 79.9. The van der Waals surface area contributed by atoms with Gasteiger partial charge < -0.3 is 9.14 Å². The van der Waals surface area contributed by atoms with Gasteiger partial charge in [-0.25, -0.2) is 9.37 Å². The molecule has 19 heavy (non-hydrogen) atoms. The first-order valence-corrected chi connectivity index (χ1v) is 6.45.